The molecule has 0 saturated heterocycles. The summed E-state index contributed by atoms with van der Waals surface area (Å²) in [6, 6.07) is 0. The van der Waals surface area contributed by atoms with E-state index in [1.165, 1.54) is 83.5 Å². The number of hydrogen-bond donors (Lipinski definition) is 2. The molecule has 1 unspecified atom stereocenters. The van der Waals surface area contributed by atoms with Crippen LogP contribution in [0.2, 0.25) is 0 Å². The molecule has 0 aliphatic rings. The minimum atomic E-state index is -0.160. The Morgan fingerprint density at radius 2 is 1.09 bits per heavy atom. The van der Waals surface area contributed by atoms with E-state index in [1.54, 1.807) is 0 Å². The molecular weight excluding hydrogens is 272 g/mol. The van der Waals surface area contributed by atoms with Crippen molar-refractivity contribution in [3.63, 3.8) is 0 Å². The van der Waals surface area contributed by atoms with Gasteiger partial charge in [-0.1, -0.05) is 90.4 Å². The van der Waals surface area contributed by atoms with Crippen molar-refractivity contribution in [1.29, 1.82) is 0 Å². The van der Waals surface area contributed by atoms with Gasteiger partial charge in [-0.15, -0.1) is 0 Å². The smallest absolute Gasteiger partial charge is 0.106 e. The summed E-state index contributed by atoms with van der Waals surface area (Å²) in [5, 5.41) is 0. The second kappa shape index (κ2) is 18.9. The molecule has 0 rings (SSSR count). The van der Waals surface area contributed by atoms with Gasteiger partial charge < -0.3 is 16.2 Å². The van der Waals surface area contributed by atoms with Crippen LogP contribution in [0, 0.1) is 0 Å². The lowest BCUT2D eigenvalue weighted by molar-refractivity contribution is 0.0509. The zero-order valence-electron chi connectivity index (χ0n) is 15.2. The van der Waals surface area contributed by atoms with Gasteiger partial charge in [0.15, 0.2) is 0 Å². The zero-order valence-corrected chi connectivity index (χ0v) is 15.2. The average molecular weight is 315 g/mol. The Labute approximate surface area is 139 Å². The molecule has 1 atom stereocenters. The van der Waals surface area contributed by atoms with E-state index in [2.05, 4.69) is 6.92 Å². The molecule has 134 valence electrons. The van der Waals surface area contributed by atoms with Crippen LogP contribution in [0.15, 0.2) is 0 Å². The topological polar surface area (TPSA) is 61.3 Å². The second-order valence-corrected chi connectivity index (χ2v) is 6.58. The summed E-state index contributed by atoms with van der Waals surface area (Å²) >= 11 is 0. The lowest BCUT2D eigenvalue weighted by Crippen LogP contribution is -2.27. The average Bonchev–Trinajstić information content (AvgIpc) is 2.51. The summed E-state index contributed by atoms with van der Waals surface area (Å²) < 4.78 is 5.49. The largest absolute Gasteiger partial charge is 0.364 e. The molecule has 0 bridgehead atoms. The van der Waals surface area contributed by atoms with Crippen molar-refractivity contribution in [1.82, 2.24) is 0 Å². The quantitative estimate of drug-likeness (QED) is 0.273. The first kappa shape index (κ1) is 21.9. The Hall–Kier alpha value is -0.120. The van der Waals surface area contributed by atoms with Crippen molar-refractivity contribution >= 4 is 0 Å². The summed E-state index contributed by atoms with van der Waals surface area (Å²) in [5.74, 6) is 0. The molecule has 0 aromatic rings. The van der Waals surface area contributed by atoms with E-state index in [0.717, 1.165) is 19.4 Å². The molecule has 0 aromatic heterocycles. The Balaban J connectivity index is 3.00. The zero-order chi connectivity index (χ0) is 16.3. The number of hydrogen-bond acceptors (Lipinski definition) is 3. The van der Waals surface area contributed by atoms with Crippen molar-refractivity contribution < 1.29 is 4.74 Å². The summed E-state index contributed by atoms with van der Waals surface area (Å²) in [4.78, 5) is 0. The molecule has 0 saturated carbocycles. The van der Waals surface area contributed by atoms with Crippen LogP contribution in [0.4, 0.5) is 0 Å². The van der Waals surface area contributed by atoms with Crippen molar-refractivity contribution in [2.75, 3.05) is 13.2 Å². The highest BCUT2D eigenvalue weighted by atomic mass is 16.5. The summed E-state index contributed by atoms with van der Waals surface area (Å²) in [6.45, 7) is 3.68. The van der Waals surface area contributed by atoms with Gasteiger partial charge in [-0.25, -0.2) is 0 Å². The van der Waals surface area contributed by atoms with Gasteiger partial charge in [-0.05, 0) is 19.4 Å². The van der Waals surface area contributed by atoms with E-state index in [4.69, 9.17) is 16.2 Å². The highest BCUT2D eigenvalue weighted by Gasteiger charge is 2.00. The molecule has 4 N–H and O–H groups in total. The van der Waals surface area contributed by atoms with Crippen LogP contribution >= 0.6 is 0 Å². The molecule has 0 aromatic carbocycles. The van der Waals surface area contributed by atoms with Crippen molar-refractivity contribution in [2.24, 2.45) is 11.5 Å². The third kappa shape index (κ3) is 17.9. The number of ether oxygens (including phenoxy) is 1. The van der Waals surface area contributed by atoms with E-state index < -0.39 is 0 Å². The Morgan fingerprint density at radius 3 is 1.50 bits per heavy atom. The van der Waals surface area contributed by atoms with Crippen molar-refractivity contribution in [2.45, 2.75) is 109 Å². The fourth-order valence-corrected chi connectivity index (χ4v) is 2.78. The predicted octanol–water partition coefficient (Wildman–Crippen LogP) is 5.12. The predicted molar refractivity (Wildman–Crippen MR) is 97.9 cm³/mol. The lowest BCUT2D eigenvalue weighted by atomic mass is 10.0. The number of unbranched alkanes of at least 4 members (excludes halogenated alkanes) is 13. The summed E-state index contributed by atoms with van der Waals surface area (Å²) in [5.41, 5.74) is 11.2. The van der Waals surface area contributed by atoms with Gasteiger partial charge >= 0.3 is 0 Å². The number of nitrogens with two attached hydrogens (primary N) is 2. The van der Waals surface area contributed by atoms with Gasteiger partial charge in [0.1, 0.15) is 6.23 Å². The van der Waals surface area contributed by atoms with Gasteiger partial charge in [-0.3, -0.25) is 0 Å². The molecule has 0 aliphatic carbocycles. The van der Waals surface area contributed by atoms with E-state index >= 15 is 0 Å². The summed E-state index contributed by atoms with van der Waals surface area (Å²) in [6.07, 6.45) is 20.0. The molecule has 3 nitrogen and oxygen atoms in total. The SMILES string of the molecule is CCCCCCCCCCCCCCCCOC(N)CCN. The fraction of sp³-hybridized carbons (Fsp3) is 1.00. The highest BCUT2D eigenvalue weighted by Crippen LogP contribution is 2.12. The van der Waals surface area contributed by atoms with E-state index in [-0.39, 0.29) is 6.23 Å². The van der Waals surface area contributed by atoms with Crippen LogP contribution in [0.5, 0.6) is 0 Å². The first-order chi connectivity index (χ1) is 10.8. The van der Waals surface area contributed by atoms with Gasteiger partial charge in [0, 0.05) is 6.61 Å². The molecule has 0 radical (unpaired) electrons. The molecule has 3 heteroatoms. The van der Waals surface area contributed by atoms with Gasteiger partial charge in [0.05, 0.1) is 0 Å². The molecule has 0 aliphatic heterocycles. The molecule has 22 heavy (non-hydrogen) atoms. The molecule has 0 amide bonds. The second-order valence-electron chi connectivity index (χ2n) is 6.58. The normalized spacial score (nSPS) is 12.7. The fourth-order valence-electron chi connectivity index (χ4n) is 2.78. The minimum Gasteiger partial charge on any atom is -0.364 e. The monoisotopic (exact) mass is 314 g/mol. The van der Waals surface area contributed by atoms with Gasteiger partial charge in [-0.2, -0.15) is 0 Å². The first-order valence-corrected chi connectivity index (χ1v) is 9.88. The summed E-state index contributed by atoms with van der Waals surface area (Å²) in [7, 11) is 0. The van der Waals surface area contributed by atoms with E-state index in [0.29, 0.717) is 6.54 Å². The van der Waals surface area contributed by atoms with Crippen LogP contribution in [0.3, 0.4) is 0 Å². The lowest BCUT2D eigenvalue weighted by Gasteiger charge is -2.11. The minimum absolute atomic E-state index is 0.160. The van der Waals surface area contributed by atoms with E-state index in [9.17, 15) is 0 Å². The van der Waals surface area contributed by atoms with Crippen LogP contribution in [0.1, 0.15) is 103 Å². The first-order valence-electron chi connectivity index (χ1n) is 9.88. The third-order valence-electron chi connectivity index (χ3n) is 4.28. The Morgan fingerprint density at radius 1 is 0.682 bits per heavy atom. The maximum atomic E-state index is 5.74. The highest BCUT2D eigenvalue weighted by molar-refractivity contribution is 4.51. The van der Waals surface area contributed by atoms with Crippen LogP contribution in [-0.2, 0) is 4.74 Å². The maximum absolute atomic E-state index is 5.74. The molecule has 0 heterocycles. The van der Waals surface area contributed by atoms with Crippen molar-refractivity contribution in [3.8, 4) is 0 Å². The van der Waals surface area contributed by atoms with E-state index in [1.807, 2.05) is 0 Å². The van der Waals surface area contributed by atoms with Crippen LogP contribution in [-0.4, -0.2) is 19.4 Å². The number of rotatable bonds is 18. The Kier molecular flexibility index (Phi) is 18.8. The van der Waals surface area contributed by atoms with Gasteiger partial charge in [0.25, 0.3) is 0 Å². The van der Waals surface area contributed by atoms with Crippen LogP contribution < -0.4 is 11.5 Å². The van der Waals surface area contributed by atoms with Crippen LogP contribution in [0.25, 0.3) is 0 Å². The molecule has 0 fully saturated rings. The van der Waals surface area contributed by atoms with Crippen molar-refractivity contribution in [3.05, 3.63) is 0 Å². The molecular formula is C19H42N2O. The maximum Gasteiger partial charge on any atom is 0.106 e. The Bertz CT molecular complexity index is 200. The van der Waals surface area contributed by atoms with Gasteiger partial charge in [0.2, 0.25) is 0 Å². The third-order valence-corrected chi connectivity index (χ3v) is 4.28. The molecule has 0 spiro atoms. The standard InChI is InChI=1S/C19H42N2O/c1-2-3-4-5-6-7-8-9-10-11-12-13-14-15-18-22-19(21)16-17-20/h19H,2-18,20-21H2,1H3.